The molecule has 2 heterocycles. The molecule has 0 atom stereocenters. The van der Waals surface area contributed by atoms with Crippen molar-refractivity contribution in [3.63, 3.8) is 0 Å². The van der Waals surface area contributed by atoms with Crippen LogP contribution in [0.5, 0.6) is 0 Å². The Labute approximate surface area is 125 Å². The van der Waals surface area contributed by atoms with Crippen molar-refractivity contribution in [2.45, 2.75) is 0 Å². The Balaban J connectivity index is 2.04. The molecule has 0 unspecified atom stereocenters. The number of pyridine rings is 2. The Morgan fingerprint density at radius 3 is 2.81 bits per heavy atom. The van der Waals surface area contributed by atoms with Crippen molar-refractivity contribution in [1.82, 2.24) is 9.97 Å². The van der Waals surface area contributed by atoms with Gasteiger partial charge in [0.15, 0.2) is 5.82 Å². The predicted octanol–water partition coefficient (Wildman–Crippen LogP) is 3.12. The van der Waals surface area contributed by atoms with Gasteiger partial charge in [0, 0.05) is 11.6 Å². The molecule has 3 aromatic rings. The monoisotopic (exact) mass is 298 g/mol. The fraction of sp³-hybridized carbons (Fsp3) is 0. The summed E-state index contributed by atoms with van der Waals surface area (Å²) in [6.07, 6.45) is 1.56. The van der Waals surface area contributed by atoms with Crippen LogP contribution in [-0.4, -0.2) is 15.9 Å². The van der Waals surface area contributed by atoms with Gasteiger partial charge in [0.1, 0.15) is 5.82 Å². The van der Waals surface area contributed by atoms with Crippen molar-refractivity contribution in [2.75, 3.05) is 11.1 Å². The second-order valence-corrected chi connectivity index (χ2v) is 4.81. The van der Waals surface area contributed by atoms with Gasteiger partial charge in [-0.3, -0.25) is 4.79 Å². The smallest absolute Gasteiger partial charge is 0.257 e. The number of nitrogens with two attached hydrogens (primary N) is 1. The molecule has 0 saturated heterocycles. The third kappa shape index (κ3) is 2.64. The van der Waals surface area contributed by atoms with Gasteiger partial charge in [0.2, 0.25) is 0 Å². The Morgan fingerprint density at radius 2 is 2.00 bits per heavy atom. The molecule has 1 amide bonds. The highest BCUT2D eigenvalue weighted by Gasteiger charge is 2.14. The van der Waals surface area contributed by atoms with Gasteiger partial charge < -0.3 is 11.1 Å². The Kier molecular flexibility index (Phi) is 3.41. The summed E-state index contributed by atoms with van der Waals surface area (Å²) in [6, 6.07) is 12.2. The van der Waals surface area contributed by atoms with Crippen molar-refractivity contribution in [2.24, 2.45) is 0 Å². The number of carbonyl (C=O) groups is 1. The highest BCUT2D eigenvalue weighted by molar-refractivity contribution is 6.33. The Bertz CT molecular complexity index is 835. The summed E-state index contributed by atoms with van der Waals surface area (Å²) in [4.78, 5) is 20.7. The molecule has 21 heavy (non-hydrogen) atoms. The standard InChI is InChI=1S/C15H11ClN4O/c16-11-5-3-7-18-14(11)20-15(21)10-8-13(17)19-12-6-2-1-4-9(10)12/h1-8H,(H2,17,19)(H,18,20,21). The van der Waals surface area contributed by atoms with Crippen LogP contribution in [0.3, 0.4) is 0 Å². The molecule has 3 rings (SSSR count). The van der Waals surface area contributed by atoms with E-state index in [4.69, 9.17) is 17.3 Å². The van der Waals surface area contributed by atoms with E-state index in [0.29, 0.717) is 21.9 Å². The lowest BCUT2D eigenvalue weighted by molar-refractivity contribution is 0.102. The zero-order chi connectivity index (χ0) is 14.8. The first-order valence-corrected chi connectivity index (χ1v) is 6.60. The number of halogens is 1. The quantitative estimate of drug-likeness (QED) is 0.761. The van der Waals surface area contributed by atoms with Crippen LogP contribution in [0.1, 0.15) is 10.4 Å². The number of fused-ring (bicyclic) bond motifs is 1. The normalized spacial score (nSPS) is 10.5. The first-order valence-electron chi connectivity index (χ1n) is 6.22. The van der Waals surface area contributed by atoms with E-state index in [9.17, 15) is 4.79 Å². The number of amides is 1. The molecule has 5 nitrogen and oxygen atoms in total. The number of aromatic nitrogens is 2. The number of nitrogen functional groups attached to an aromatic ring is 1. The molecule has 0 aliphatic rings. The van der Waals surface area contributed by atoms with Crippen molar-refractivity contribution < 1.29 is 4.79 Å². The number of benzene rings is 1. The lowest BCUT2D eigenvalue weighted by Gasteiger charge is -2.09. The van der Waals surface area contributed by atoms with Crippen molar-refractivity contribution in [3.8, 4) is 0 Å². The average molecular weight is 299 g/mol. The number of nitrogens with one attached hydrogen (secondary N) is 1. The molecule has 2 aromatic heterocycles. The number of nitrogens with zero attached hydrogens (tertiary/aromatic N) is 2. The van der Waals surface area contributed by atoms with E-state index in [0.717, 1.165) is 5.39 Å². The first kappa shape index (κ1) is 13.3. The maximum Gasteiger partial charge on any atom is 0.257 e. The minimum atomic E-state index is -0.332. The largest absolute Gasteiger partial charge is 0.384 e. The lowest BCUT2D eigenvalue weighted by atomic mass is 10.1. The fourth-order valence-corrected chi connectivity index (χ4v) is 2.21. The van der Waals surface area contributed by atoms with Gasteiger partial charge in [-0.1, -0.05) is 29.8 Å². The van der Waals surface area contributed by atoms with Crippen LogP contribution in [0.4, 0.5) is 11.6 Å². The minimum absolute atomic E-state index is 0.283. The van der Waals surface area contributed by atoms with Gasteiger partial charge in [-0.25, -0.2) is 9.97 Å². The van der Waals surface area contributed by atoms with Gasteiger partial charge in [-0.15, -0.1) is 0 Å². The zero-order valence-electron chi connectivity index (χ0n) is 10.9. The van der Waals surface area contributed by atoms with E-state index < -0.39 is 0 Å². The average Bonchev–Trinajstić information content (AvgIpc) is 2.48. The molecular weight excluding hydrogens is 288 g/mol. The van der Waals surface area contributed by atoms with Crippen molar-refractivity contribution in [1.29, 1.82) is 0 Å². The summed E-state index contributed by atoms with van der Waals surface area (Å²) in [5.74, 6) is 0.260. The third-order valence-corrected chi connectivity index (χ3v) is 3.28. The molecule has 6 heteroatoms. The third-order valence-electron chi connectivity index (χ3n) is 2.97. The first-order chi connectivity index (χ1) is 10.1. The Hall–Kier alpha value is -2.66. The van der Waals surface area contributed by atoms with E-state index in [1.54, 1.807) is 24.4 Å². The van der Waals surface area contributed by atoms with Gasteiger partial charge in [-0.05, 0) is 24.3 Å². The lowest BCUT2D eigenvalue weighted by Crippen LogP contribution is -2.14. The molecule has 0 fully saturated rings. The molecule has 0 bridgehead atoms. The van der Waals surface area contributed by atoms with Crippen molar-refractivity contribution in [3.05, 3.63) is 59.2 Å². The summed E-state index contributed by atoms with van der Waals surface area (Å²) in [6.45, 7) is 0. The SMILES string of the molecule is Nc1cc(C(=O)Nc2ncccc2Cl)c2ccccc2n1. The van der Waals surface area contributed by atoms with Crippen LogP contribution >= 0.6 is 11.6 Å². The van der Waals surface area contributed by atoms with Gasteiger partial charge in [0.25, 0.3) is 5.91 Å². The van der Waals surface area contributed by atoms with Crippen LogP contribution in [0.15, 0.2) is 48.7 Å². The summed E-state index contributed by atoms with van der Waals surface area (Å²) in [5.41, 5.74) is 6.85. The molecule has 0 spiro atoms. The molecular formula is C15H11ClN4O. The number of anilines is 2. The van der Waals surface area contributed by atoms with E-state index in [1.807, 2.05) is 18.2 Å². The topological polar surface area (TPSA) is 80.9 Å². The van der Waals surface area contributed by atoms with Crippen LogP contribution in [0.2, 0.25) is 5.02 Å². The molecule has 0 aliphatic heterocycles. The second-order valence-electron chi connectivity index (χ2n) is 4.40. The number of carbonyl (C=O) groups excluding carboxylic acids is 1. The van der Waals surface area contributed by atoms with Crippen LogP contribution in [0, 0.1) is 0 Å². The predicted molar refractivity (Wildman–Crippen MR) is 83.4 cm³/mol. The second kappa shape index (κ2) is 5.38. The molecule has 1 aromatic carbocycles. The van der Waals surface area contributed by atoms with E-state index >= 15 is 0 Å². The fourth-order valence-electron chi connectivity index (χ4n) is 2.04. The molecule has 3 N–H and O–H groups in total. The molecule has 0 saturated carbocycles. The van der Waals surface area contributed by atoms with E-state index in [1.165, 1.54) is 6.07 Å². The van der Waals surface area contributed by atoms with Gasteiger partial charge in [0.05, 0.1) is 16.1 Å². The van der Waals surface area contributed by atoms with Crippen molar-refractivity contribution >= 4 is 40.0 Å². The van der Waals surface area contributed by atoms with Gasteiger partial charge >= 0.3 is 0 Å². The molecule has 104 valence electrons. The highest BCUT2D eigenvalue weighted by atomic mass is 35.5. The number of rotatable bonds is 2. The summed E-state index contributed by atoms with van der Waals surface area (Å²) in [5, 5.41) is 3.77. The number of hydrogen-bond donors (Lipinski definition) is 2. The molecule has 0 aliphatic carbocycles. The zero-order valence-corrected chi connectivity index (χ0v) is 11.6. The van der Waals surface area contributed by atoms with E-state index in [-0.39, 0.29) is 11.7 Å². The minimum Gasteiger partial charge on any atom is -0.384 e. The van der Waals surface area contributed by atoms with Gasteiger partial charge in [-0.2, -0.15) is 0 Å². The molecule has 0 radical (unpaired) electrons. The number of para-hydroxylation sites is 1. The van der Waals surface area contributed by atoms with E-state index in [2.05, 4.69) is 15.3 Å². The highest BCUT2D eigenvalue weighted by Crippen LogP contribution is 2.22. The summed E-state index contributed by atoms with van der Waals surface area (Å²) >= 11 is 5.99. The summed E-state index contributed by atoms with van der Waals surface area (Å²) < 4.78 is 0. The Morgan fingerprint density at radius 1 is 1.19 bits per heavy atom. The maximum absolute atomic E-state index is 12.4. The number of hydrogen-bond acceptors (Lipinski definition) is 4. The summed E-state index contributed by atoms with van der Waals surface area (Å²) in [7, 11) is 0. The van der Waals surface area contributed by atoms with Crippen LogP contribution in [0.25, 0.3) is 10.9 Å². The van der Waals surface area contributed by atoms with Crippen LogP contribution in [-0.2, 0) is 0 Å². The van der Waals surface area contributed by atoms with Crippen LogP contribution < -0.4 is 11.1 Å². The maximum atomic E-state index is 12.4.